The highest BCUT2D eigenvalue weighted by molar-refractivity contribution is 8.00. The van der Waals surface area contributed by atoms with E-state index >= 15 is 0 Å². The minimum absolute atomic E-state index is 0.0640. The van der Waals surface area contributed by atoms with Crippen LogP contribution in [-0.4, -0.2) is 53.2 Å². The lowest BCUT2D eigenvalue weighted by Crippen LogP contribution is -2.36. The lowest BCUT2D eigenvalue weighted by Gasteiger charge is -2.16. The largest absolute Gasteiger partial charge is 0.481 e. The molecular weight excluding hydrogens is 424 g/mol. The Kier molecular flexibility index (Phi) is 15.7. The SMILES string of the molecule is CCCCCCCCCOOOC(N)N.O=C(O)CCCC[C@@H]1SC[C@@H]2NC(=O)N[C@@H]21. The number of carbonyl (C=O) groups excluding carboxylic acids is 1. The normalized spacial score (nSPS) is 21.9. The number of amides is 2. The number of unbranched alkanes of at least 4 members (excludes halogenated alkanes) is 7. The summed E-state index contributed by atoms with van der Waals surface area (Å²) in [6.07, 6.45) is 10.6. The molecule has 3 atom stereocenters. The number of nitrogens with one attached hydrogen (secondary N) is 2. The minimum atomic E-state index is -0.945. The van der Waals surface area contributed by atoms with Crippen LogP contribution in [0.3, 0.4) is 0 Å². The molecule has 2 amide bonds. The van der Waals surface area contributed by atoms with Crippen LogP contribution in [0, 0.1) is 0 Å². The van der Waals surface area contributed by atoms with E-state index in [4.69, 9.17) is 16.6 Å². The number of hydrogen-bond donors (Lipinski definition) is 5. The Labute approximate surface area is 189 Å². The number of thioether (sulfide) groups is 1. The number of fused-ring (bicyclic) bond motifs is 1. The van der Waals surface area contributed by atoms with Gasteiger partial charge in [-0.1, -0.05) is 56.9 Å². The van der Waals surface area contributed by atoms with Gasteiger partial charge in [-0.05, 0) is 19.3 Å². The van der Waals surface area contributed by atoms with Gasteiger partial charge in [-0.25, -0.2) is 9.68 Å². The van der Waals surface area contributed by atoms with Gasteiger partial charge in [0.25, 0.3) is 0 Å². The maximum absolute atomic E-state index is 11.1. The van der Waals surface area contributed by atoms with Crippen molar-refractivity contribution in [1.82, 2.24) is 10.6 Å². The monoisotopic (exact) mass is 464 g/mol. The first-order chi connectivity index (χ1) is 14.9. The van der Waals surface area contributed by atoms with Gasteiger partial charge in [-0.3, -0.25) is 16.3 Å². The number of aliphatic carboxylic acids is 1. The Morgan fingerprint density at radius 2 is 1.84 bits per heavy atom. The maximum Gasteiger partial charge on any atom is 0.315 e. The van der Waals surface area contributed by atoms with Gasteiger partial charge in [0.15, 0.2) is 6.35 Å². The molecule has 0 aromatic carbocycles. The topological polar surface area (TPSA) is 158 Å². The fraction of sp³-hybridized carbons (Fsp3) is 0.900. The minimum Gasteiger partial charge on any atom is -0.481 e. The Hall–Kier alpha value is -1.11. The molecule has 2 aliphatic heterocycles. The molecule has 0 aromatic rings. The second kappa shape index (κ2) is 17.4. The average molecular weight is 465 g/mol. The fourth-order valence-corrected chi connectivity index (χ4v) is 5.03. The summed E-state index contributed by atoms with van der Waals surface area (Å²) in [4.78, 5) is 30.5. The lowest BCUT2D eigenvalue weighted by molar-refractivity contribution is -0.525. The third-order valence-electron chi connectivity index (χ3n) is 5.10. The third-order valence-corrected chi connectivity index (χ3v) is 6.61. The highest BCUT2D eigenvalue weighted by atomic mass is 32.2. The molecule has 0 spiro atoms. The first-order valence-corrected chi connectivity index (χ1v) is 12.4. The van der Waals surface area contributed by atoms with Crippen molar-refractivity contribution in [2.75, 3.05) is 12.4 Å². The summed E-state index contributed by atoms with van der Waals surface area (Å²) in [5.74, 6) is 0.236. The molecule has 0 bridgehead atoms. The zero-order chi connectivity index (χ0) is 22.9. The molecule has 11 heteroatoms. The van der Waals surface area contributed by atoms with E-state index in [0.717, 1.165) is 37.9 Å². The quantitative estimate of drug-likeness (QED) is 0.0761. The molecule has 2 saturated heterocycles. The Balaban J connectivity index is 0.000000311. The Bertz CT molecular complexity index is 500. The molecule has 10 nitrogen and oxygen atoms in total. The predicted octanol–water partition coefficient (Wildman–Crippen LogP) is 2.61. The summed E-state index contributed by atoms with van der Waals surface area (Å²) in [7, 11) is 0. The van der Waals surface area contributed by atoms with Crippen LogP contribution >= 0.6 is 11.8 Å². The highest BCUT2D eigenvalue weighted by Crippen LogP contribution is 2.33. The lowest BCUT2D eigenvalue weighted by atomic mass is 10.0. The molecule has 31 heavy (non-hydrogen) atoms. The molecule has 0 saturated carbocycles. The molecule has 0 aromatic heterocycles. The van der Waals surface area contributed by atoms with E-state index < -0.39 is 12.3 Å². The van der Waals surface area contributed by atoms with E-state index in [1.807, 2.05) is 11.8 Å². The Morgan fingerprint density at radius 1 is 1.13 bits per heavy atom. The number of rotatable bonds is 16. The number of carbonyl (C=O) groups is 2. The molecule has 0 aliphatic carbocycles. The van der Waals surface area contributed by atoms with Crippen LogP contribution in [0.2, 0.25) is 0 Å². The maximum atomic E-state index is 11.1. The Morgan fingerprint density at radius 3 is 2.52 bits per heavy atom. The van der Waals surface area contributed by atoms with Crippen molar-refractivity contribution >= 4 is 23.8 Å². The van der Waals surface area contributed by atoms with Crippen LogP contribution in [0.25, 0.3) is 0 Å². The molecule has 182 valence electrons. The van der Waals surface area contributed by atoms with Gasteiger partial charge in [0.1, 0.15) is 0 Å². The summed E-state index contributed by atoms with van der Waals surface area (Å²) >= 11 is 1.87. The molecule has 2 rings (SSSR count). The summed E-state index contributed by atoms with van der Waals surface area (Å²) in [5.41, 5.74) is 10.1. The van der Waals surface area contributed by atoms with Gasteiger partial charge < -0.3 is 15.7 Å². The van der Waals surface area contributed by atoms with Crippen LogP contribution in [0.4, 0.5) is 4.79 Å². The van der Waals surface area contributed by atoms with Gasteiger partial charge in [0, 0.05) is 17.4 Å². The number of urea groups is 1. The van der Waals surface area contributed by atoms with Crippen molar-refractivity contribution in [1.29, 1.82) is 0 Å². The van der Waals surface area contributed by atoms with Crippen molar-refractivity contribution < 1.29 is 29.5 Å². The van der Waals surface area contributed by atoms with E-state index in [2.05, 4.69) is 32.4 Å². The van der Waals surface area contributed by atoms with Crippen molar-refractivity contribution in [2.24, 2.45) is 11.5 Å². The molecule has 0 unspecified atom stereocenters. The van der Waals surface area contributed by atoms with Crippen LogP contribution in [-0.2, 0) is 19.6 Å². The number of carboxylic acids is 1. The van der Waals surface area contributed by atoms with Crippen molar-refractivity contribution in [3.8, 4) is 0 Å². The second-order valence-corrected chi connectivity index (χ2v) is 9.11. The predicted molar refractivity (Wildman–Crippen MR) is 120 cm³/mol. The highest BCUT2D eigenvalue weighted by Gasteiger charge is 2.42. The second-order valence-electron chi connectivity index (χ2n) is 7.83. The molecular formula is C20H40N4O6S. The molecule has 7 N–H and O–H groups in total. The summed E-state index contributed by atoms with van der Waals surface area (Å²) < 4.78 is 0. The zero-order valence-corrected chi connectivity index (χ0v) is 19.4. The molecule has 2 aliphatic rings. The van der Waals surface area contributed by atoms with E-state index in [0.29, 0.717) is 11.9 Å². The van der Waals surface area contributed by atoms with Gasteiger partial charge in [0.2, 0.25) is 0 Å². The molecule has 2 fully saturated rings. The third kappa shape index (κ3) is 13.8. The van der Waals surface area contributed by atoms with Gasteiger partial charge in [0.05, 0.1) is 18.7 Å². The fourth-order valence-electron chi connectivity index (χ4n) is 3.49. The van der Waals surface area contributed by atoms with Gasteiger partial charge >= 0.3 is 12.0 Å². The van der Waals surface area contributed by atoms with Crippen LogP contribution in [0.5, 0.6) is 0 Å². The average Bonchev–Trinajstić information content (AvgIpc) is 3.26. The van der Waals surface area contributed by atoms with E-state index in [9.17, 15) is 9.59 Å². The van der Waals surface area contributed by atoms with Crippen LogP contribution in [0.15, 0.2) is 0 Å². The van der Waals surface area contributed by atoms with Crippen LogP contribution < -0.4 is 22.1 Å². The standard InChI is InChI=1S/C10H16N2O3S.C10H24N2O3/c13-8(14)4-2-1-3-7-9-6(5-16-7)11-10(15)12-9;1-2-3-4-5-6-7-8-9-13-15-14-10(11)12/h6-7,9H,1-5H2,(H,13,14)(H2,11,12,15);10H,2-9,11-12H2,1H3/t6-,7-,9-;/m0./s1. The molecule has 2 heterocycles. The van der Waals surface area contributed by atoms with E-state index in [1.54, 1.807) is 0 Å². The van der Waals surface area contributed by atoms with Crippen LogP contribution in [0.1, 0.15) is 77.6 Å². The van der Waals surface area contributed by atoms with Gasteiger partial charge in [-0.15, -0.1) is 0 Å². The number of hydrogen-bond acceptors (Lipinski definition) is 8. The molecule has 0 radical (unpaired) electrons. The van der Waals surface area contributed by atoms with E-state index in [-0.39, 0.29) is 24.5 Å². The van der Waals surface area contributed by atoms with E-state index in [1.165, 1.54) is 32.1 Å². The number of nitrogens with two attached hydrogens (primary N) is 2. The summed E-state index contributed by atoms with van der Waals surface area (Å²) in [5, 5.41) is 19.1. The number of carboxylic acid groups (broad SMARTS) is 1. The summed E-state index contributed by atoms with van der Waals surface area (Å²) in [6.45, 7) is 2.73. The first-order valence-electron chi connectivity index (χ1n) is 11.3. The van der Waals surface area contributed by atoms with Crippen molar-refractivity contribution in [2.45, 2.75) is 101 Å². The van der Waals surface area contributed by atoms with Crippen molar-refractivity contribution in [3.05, 3.63) is 0 Å². The van der Waals surface area contributed by atoms with Gasteiger partial charge in [-0.2, -0.15) is 16.6 Å². The summed E-state index contributed by atoms with van der Waals surface area (Å²) in [6, 6.07) is 0.440. The zero-order valence-electron chi connectivity index (χ0n) is 18.6. The smallest absolute Gasteiger partial charge is 0.315 e. The first kappa shape index (κ1) is 27.9. The van der Waals surface area contributed by atoms with Crippen molar-refractivity contribution in [3.63, 3.8) is 0 Å².